The van der Waals surface area contributed by atoms with E-state index in [1.165, 1.54) is 4.31 Å². The normalized spacial score (nSPS) is 23.2. The number of sulfonamides is 1. The number of aryl methyl sites for hydroxylation is 1. The Kier molecular flexibility index (Phi) is 6.38. The lowest BCUT2D eigenvalue weighted by Crippen LogP contribution is -2.73. The van der Waals surface area contributed by atoms with Crippen LogP contribution in [0.15, 0.2) is 53.4 Å². The van der Waals surface area contributed by atoms with Crippen molar-refractivity contribution in [3.05, 3.63) is 65.2 Å². The number of unbranched alkanes of at least 4 members (excludes halogenated alkanes) is 1. The minimum absolute atomic E-state index is 0.128. The largest absolute Gasteiger partial charge is 0.394 e. The topological polar surface area (TPSA) is 77.9 Å². The van der Waals surface area contributed by atoms with Gasteiger partial charge in [-0.1, -0.05) is 49.1 Å². The van der Waals surface area contributed by atoms with Crippen molar-refractivity contribution in [1.82, 2.24) is 9.21 Å². The number of benzene rings is 2. The summed E-state index contributed by atoms with van der Waals surface area (Å²) in [5.41, 5.74) is 2.55. The number of carbonyl (C=O) groups excluding carboxylic acids is 1. The summed E-state index contributed by atoms with van der Waals surface area (Å²) in [5, 5.41) is 9.96. The van der Waals surface area contributed by atoms with Crippen LogP contribution in [0.4, 0.5) is 0 Å². The Morgan fingerprint density at radius 3 is 2.50 bits per heavy atom. The zero-order valence-corrected chi connectivity index (χ0v) is 19.2. The smallest absolute Gasteiger partial charge is 0.243 e. The second-order valence-electron chi connectivity index (χ2n) is 8.38. The summed E-state index contributed by atoms with van der Waals surface area (Å²) in [6.45, 7) is 3.69. The molecule has 1 N–H and O–H groups in total. The molecule has 2 fully saturated rings. The monoisotopic (exact) mass is 452 g/mol. The van der Waals surface area contributed by atoms with E-state index in [1.807, 2.05) is 24.3 Å². The Bertz CT molecular complexity index is 1160. The molecular weight excluding hydrogens is 424 g/mol. The van der Waals surface area contributed by atoms with E-state index in [-0.39, 0.29) is 48.5 Å². The van der Waals surface area contributed by atoms with Gasteiger partial charge in [-0.25, -0.2) is 8.42 Å². The highest BCUT2D eigenvalue weighted by Crippen LogP contribution is 2.43. The number of hydrogen-bond acceptors (Lipinski definition) is 4. The van der Waals surface area contributed by atoms with Crippen LogP contribution in [-0.4, -0.2) is 60.4 Å². The lowest BCUT2D eigenvalue weighted by molar-refractivity contribution is -0.158. The molecule has 4 rings (SSSR count). The summed E-state index contributed by atoms with van der Waals surface area (Å²) in [6.07, 6.45) is 1.86. The standard InChI is InChI=1S/C25H28N2O4S/c1-3-4-5-9-19-11-13-20(14-12-19)25-21-15-26(16-24(29)27(21)22(25)17-28)32(30,31)23-10-7-6-8-18(23)2/h6-8,10-14,21-22,25,28H,3-4,15-17H2,1-2H3/t21-,22+,25-/m1/s1. The highest BCUT2D eigenvalue weighted by Gasteiger charge is 2.55. The molecule has 1 amide bonds. The number of fused-ring (bicyclic) bond motifs is 1. The van der Waals surface area contributed by atoms with Gasteiger partial charge in [0.15, 0.2) is 0 Å². The number of rotatable bonds is 5. The zero-order valence-electron chi connectivity index (χ0n) is 18.4. The van der Waals surface area contributed by atoms with E-state index < -0.39 is 10.0 Å². The molecule has 0 aliphatic carbocycles. The Hall–Kier alpha value is -2.66. The summed E-state index contributed by atoms with van der Waals surface area (Å²) in [7, 11) is -3.79. The summed E-state index contributed by atoms with van der Waals surface area (Å²) < 4.78 is 27.9. The molecule has 0 bridgehead atoms. The van der Waals surface area contributed by atoms with Gasteiger partial charge in [-0.15, -0.1) is 0 Å². The maximum atomic E-state index is 13.3. The van der Waals surface area contributed by atoms with Crippen molar-refractivity contribution in [3.63, 3.8) is 0 Å². The lowest BCUT2D eigenvalue weighted by atomic mass is 9.74. The predicted molar refractivity (Wildman–Crippen MR) is 122 cm³/mol. The fourth-order valence-electron chi connectivity index (χ4n) is 4.72. The Morgan fingerprint density at radius 1 is 1.12 bits per heavy atom. The summed E-state index contributed by atoms with van der Waals surface area (Å²) in [6, 6.07) is 14.0. The highest BCUT2D eigenvalue weighted by molar-refractivity contribution is 7.89. The summed E-state index contributed by atoms with van der Waals surface area (Å²) in [5.74, 6) is 5.86. The molecule has 2 aliphatic rings. The molecule has 3 atom stereocenters. The van der Waals surface area contributed by atoms with Crippen LogP contribution >= 0.6 is 0 Å². The van der Waals surface area contributed by atoms with Crippen molar-refractivity contribution in [3.8, 4) is 11.8 Å². The number of carbonyl (C=O) groups is 1. The van der Waals surface area contributed by atoms with Crippen molar-refractivity contribution in [1.29, 1.82) is 0 Å². The molecule has 2 aromatic carbocycles. The van der Waals surface area contributed by atoms with Gasteiger partial charge in [0.05, 0.1) is 30.1 Å². The third kappa shape index (κ3) is 3.95. The SMILES string of the molecule is CCCC#Cc1ccc([C@@H]2[C@H]3CN(S(=O)(=O)c4ccccc4C)CC(=O)N3[C@H]2CO)cc1. The average Bonchev–Trinajstić information content (AvgIpc) is 2.76. The predicted octanol–water partition coefficient (Wildman–Crippen LogP) is 2.51. The van der Waals surface area contributed by atoms with Crippen LogP contribution in [0.3, 0.4) is 0 Å². The van der Waals surface area contributed by atoms with Gasteiger partial charge in [0.2, 0.25) is 15.9 Å². The molecule has 7 heteroatoms. The third-order valence-electron chi connectivity index (χ3n) is 6.34. The van der Waals surface area contributed by atoms with Crippen LogP contribution in [0.5, 0.6) is 0 Å². The molecule has 168 valence electrons. The number of aliphatic hydroxyl groups is 1. The van der Waals surface area contributed by atoms with Crippen LogP contribution in [0.25, 0.3) is 0 Å². The minimum Gasteiger partial charge on any atom is -0.394 e. The van der Waals surface area contributed by atoms with Crippen molar-refractivity contribution in [2.24, 2.45) is 0 Å². The first kappa shape index (κ1) is 22.5. The zero-order chi connectivity index (χ0) is 22.9. The van der Waals surface area contributed by atoms with Gasteiger partial charge in [0.1, 0.15) is 0 Å². The molecule has 32 heavy (non-hydrogen) atoms. The van der Waals surface area contributed by atoms with E-state index >= 15 is 0 Å². The van der Waals surface area contributed by atoms with E-state index in [2.05, 4.69) is 18.8 Å². The maximum absolute atomic E-state index is 13.3. The number of piperazine rings is 1. The summed E-state index contributed by atoms with van der Waals surface area (Å²) >= 11 is 0. The van der Waals surface area contributed by atoms with Gasteiger partial charge in [-0.05, 0) is 42.7 Å². The van der Waals surface area contributed by atoms with Crippen LogP contribution in [0, 0.1) is 18.8 Å². The van der Waals surface area contributed by atoms with Crippen LogP contribution in [-0.2, 0) is 14.8 Å². The first-order valence-corrected chi connectivity index (χ1v) is 12.4. The van der Waals surface area contributed by atoms with Gasteiger partial charge in [-0.3, -0.25) is 4.79 Å². The third-order valence-corrected chi connectivity index (χ3v) is 8.31. The fraction of sp³-hybridized carbons (Fsp3) is 0.400. The van der Waals surface area contributed by atoms with E-state index in [1.54, 1.807) is 36.1 Å². The van der Waals surface area contributed by atoms with Gasteiger partial charge in [-0.2, -0.15) is 4.31 Å². The molecule has 0 radical (unpaired) electrons. The molecule has 0 unspecified atom stereocenters. The summed E-state index contributed by atoms with van der Waals surface area (Å²) in [4.78, 5) is 14.8. The second kappa shape index (κ2) is 9.07. The number of hydrogen-bond donors (Lipinski definition) is 1. The van der Waals surface area contributed by atoms with Crippen molar-refractivity contribution >= 4 is 15.9 Å². The molecule has 0 spiro atoms. The molecule has 2 heterocycles. The molecule has 6 nitrogen and oxygen atoms in total. The molecule has 2 aromatic rings. The fourth-order valence-corrected chi connectivity index (χ4v) is 6.35. The second-order valence-corrected chi connectivity index (χ2v) is 10.3. The Labute approximate surface area is 189 Å². The number of nitrogens with zero attached hydrogens (tertiary/aromatic N) is 2. The molecule has 0 aromatic heterocycles. The molecule has 2 saturated heterocycles. The Balaban J connectivity index is 1.60. The average molecular weight is 453 g/mol. The van der Waals surface area contributed by atoms with Gasteiger partial charge < -0.3 is 10.0 Å². The van der Waals surface area contributed by atoms with Crippen LogP contribution < -0.4 is 0 Å². The molecular formula is C25H28N2O4S. The van der Waals surface area contributed by atoms with Crippen molar-refractivity contribution < 1.29 is 18.3 Å². The number of aliphatic hydroxyl groups excluding tert-OH is 1. The van der Waals surface area contributed by atoms with Gasteiger partial charge >= 0.3 is 0 Å². The first-order chi connectivity index (χ1) is 15.4. The van der Waals surface area contributed by atoms with Crippen LogP contribution in [0.2, 0.25) is 0 Å². The van der Waals surface area contributed by atoms with E-state index in [0.717, 1.165) is 24.0 Å². The lowest BCUT2D eigenvalue weighted by Gasteiger charge is -2.58. The Morgan fingerprint density at radius 2 is 1.84 bits per heavy atom. The van der Waals surface area contributed by atoms with Crippen molar-refractivity contribution in [2.75, 3.05) is 19.7 Å². The quantitative estimate of drug-likeness (QED) is 0.707. The van der Waals surface area contributed by atoms with E-state index in [9.17, 15) is 18.3 Å². The van der Waals surface area contributed by atoms with E-state index in [4.69, 9.17) is 0 Å². The molecule has 2 aliphatic heterocycles. The highest BCUT2D eigenvalue weighted by atomic mass is 32.2. The van der Waals surface area contributed by atoms with Crippen LogP contribution in [0.1, 0.15) is 42.4 Å². The minimum atomic E-state index is -3.79. The first-order valence-electron chi connectivity index (χ1n) is 10.9. The van der Waals surface area contributed by atoms with Crippen molar-refractivity contribution in [2.45, 2.75) is 49.6 Å². The van der Waals surface area contributed by atoms with Gasteiger partial charge in [0, 0.05) is 24.4 Å². The maximum Gasteiger partial charge on any atom is 0.243 e. The number of amides is 1. The molecule has 0 saturated carbocycles. The van der Waals surface area contributed by atoms with Gasteiger partial charge in [0.25, 0.3) is 0 Å². The van der Waals surface area contributed by atoms with E-state index in [0.29, 0.717) is 5.56 Å².